The van der Waals surface area contributed by atoms with E-state index in [0.29, 0.717) is 16.1 Å². The fourth-order valence-corrected chi connectivity index (χ4v) is 3.43. The Morgan fingerprint density at radius 1 is 1.00 bits per heavy atom. The maximum Gasteiger partial charge on any atom is 0.182 e. The summed E-state index contributed by atoms with van der Waals surface area (Å²) in [5.74, 6) is -0.0669. The summed E-state index contributed by atoms with van der Waals surface area (Å²) in [5, 5.41) is 0. The van der Waals surface area contributed by atoms with Crippen LogP contribution in [0.1, 0.15) is 16.7 Å². The van der Waals surface area contributed by atoms with Gasteiger partial charge in [-0.3, -0.25) is 0 Å². The van der Waals surface area contributed by atoms with Crippen molar-refractivity contribution in [2.45, 2.75) is 24.5 Å². The quantitative estimate of drug-likeness (QED) is 0.876. The van der Waals surface area contributed by atoms with Crippen LogP contribution >= 0.6 is 0 Å². The number of sulfone groups is 1. The van der Waals surface area contributed by atoms with E-state index in [1.165, 1.54) is 0 Å². The summed E-state index contributed by atoms with van der Waals surface area (Å²) in [6.07, 6.45) is 0. The largest absolute Gasteiger partial charge is 0.398 e. The number of hydrogen-bond donors (Lipinski definition) is 1. The van der Waals surface area contributed by atoms with Crippen LogP contribution in [0.3, 0.4) is 0 Å². The van der Waals surface area contributed by atoms with Crippen molar-refractivity contribution < 1.29 is 8.42 Å². The molecule has 4 heteroatoms. The number of hydrogen-bond acceptors (Lipinski definition) is 3. The predicted molar refractivity (Wildman–Crippen MR) is 77.7 cm³/mol. The van der Waals surface area contributed by atoms with E-state index in [9.17, 15) is 8.42 Å². The molecule has 0 aliphatic heterocycles. The lowest BCUT2D eigenvalue weighted by atomic mass is 10.1. The minimum absolute atomic E-state index is 0.0669. The zero-order chi connectivity index (χ0) is 14.0. The third kappa shape index (κ3) is 3.15. The van der Waals surface area contributed by atoms with Crippen molar-refractivity contribution in [1.29, 1.82) is 0 Å². The van der Waals surface area contributed by atoms with E-state index < -0.39 is 9.84 Å². The van der Waals surface area contributed by atoms with Gasteiger partial charge >= 0.3 is 0 Å². The molecule has 0 unspecified atom stereocenters. The van der Waals surface area contributed by atoms with Gasteiger partial charge in [0.25, 0.3) is 0 Å². The Morgan fingerprint density at radius 3 is 2.32 bits per heavy atom. The molecule has 19 heavy (non-hydrogen) atoms. The van der Waals surface area contributed by atoms with E-state index in [1.807, 2.05) is 26.0 Å². The molecular formula is C15H17NO2S. The SMILES string of the molecule is Cc1cccc(S(=O)(=O)Cc2ccc(C)cc2N)c1. The molecule has 0 saturated carbocycles. The molecule has 0 radical (unpaired) electrons. The van der Waals surface area contributed by atoms with Gasteiger partial charge in [-0.2, -0.15) is 0 Å². The zero-order valence-corrected chi connectivity index (χ0v) is 11.9. The number of rotatable bonds is 3. The molecule has 0 amide bonds. The van der Waals surface area contributed by atoms with Gasteiger partial charge in [-0.25, -0.2) is 8.42 Å². The van der Waals surface area contributed by atoms with Gasteiger partial charge in [0.2, 0.25) is 0 Å². The Balaban J connectivity index is 2.36. The molecule has 3 nitrogen and oxygen atoms in total. The number of nitrogen functional groups attached to an aromatic ring is 1. The van der Waals surface area contributed by atoms with Crippen molar-refractivity contribution in [3.8, 4) is 0 Å². The zero-order valence-electron chi connectivity index (χ0n) is 11.1. The Bertz CT molecular complexity index is 706. The second kappa shape index (κ2) is 5.05. The fraction of sp³-hybridized carbons (Fsp3) is 0.200. The topological polar surface area (TPSA) is 60.2 Å². The second-order valence-electron chi connectivity index (χ2n) is 4.78. The highest BCUT2D eigenvalue weighted by molar-refractivity contribution is 7.90. The molecule has 0 aliphatic carbocycles. The average Bonchev–Trinajstić information content (AvgIpc) is 2.33. The summed E-state index contributed by atoms with van der Waals surface area (Å²) < 4.78 is 24.7. The van der Waals surface area contributed by atoms with Crippen molar-refractivity contribution in [2.24, 2.45) is 0 Å². The normalized spacial score (nSPS) is 11.5. The third-order valence-corrected chi connectivity index (χ3v) is 4.66. The molecule has 2 aromatic rings. The van der Waals surface area contributed by atoms with Crippen molar-refractivity contribution >= 4 is 15.5 Å². The molecule has 0 saturated heterocycles. The van der Waals surface area contributed by atoms with Gasteiger partial charge < -0.3 is 5.73 Å². The van der Waals surface area contributed by atoms with Crippen molar-refractivity contribution in [3.63, 3.8) is 0 Å². The van der Waals surface area contributed by atoms with Gasteiger partial charge in [0.15, 0.2) is 9.84 Å². The first-order chi connectivity index (χ1) is 8.88. The molecule has 0 aliphatic rings. The lowest BCUT2D eigenvalue weighted by molar-refractivity contribution is 0.595. The molecule has 0 spiro atoms. The number of nitrogens with two attached hydrogens (primary N) is 1. The first-order valence-electron chi connectivity index (χ1n) is 6.03. The maximum absolute atomic E-state index is 12.3. The van der Waals surface area contributed by atoms with Crippen LogP contribution in [-0.2, 0) is 15.6 Å². The molecule has 0 fully saturated rings. The predicted octanol–water partition coefficient (Wildman–Crippen LogP) is 2.86. The van der Waals surface area contributed by atoms with Crippen LogP contribution in [-0.4, -0.2) is 8.42 Å². The van der Waals surface area contributed by atoms with Crippen molar-refractivity contribution in [3.05, 3.63) is 59.2 Å². The summed E-state index contributed by atoms with van der Waals surface area (Å²) in [4.78, 5) is 0.340. The standard InChI is InChI=1S/C15H17NO2S/c1-11-4-3-5-14(8-11)19(17,18)10-13-7-6-12(2)9-15(13)16/h3-9H,10,16H2,1-2H3. The van der Waals surface area contributed by atoms with E-state index in [2.05, 4.69) is 0 Å². The highest BCUT2D eigenvalue weighted by atomic mass is 32.2. The Kier molecular flexibility index (Phi) is 3.62. The van der Waals surface area contributed by atoms with E-state index in [0.717, 1.165) is 11.1 Å². The number of benzene rings is 2. The first kappa shape index (κ1) is 13.6. The molecule has 2 N–H and O–H groups in total. The van der Waals surface area contributed by atoms with Crippen molar-refractivity contribution in [1.82, 2.24) is 0 Å². The summed E-state index contributed by atoms with van der Waals surface area (Å²) in [5.41, 5.74) is 8.99. The number of aryl methyl sites for hydroxylation is 2. The highest BCUT2D eigenvalue weighted by Gasteiger charge is 2.16. The Hall–Kier alpha value is -1.81. The molecular weight excluding hydrogens is 258 g/mol. The minimum Gasteiger partial charge on any atom is -0.398 e. The van der Waals surface area contributed by atoms with E-state index in [4.69, 9.17) is 5.73 Å². The third-order valence-electron chi connectivity index (χ3n) is 3.00. The van der Waals surface area contributed by atoms with Crippen molar-refractivity contribution in [2.75, 3.05) is 5.73 Å². The van der Waals surface area contributed by atoms with Crippen LogP contribution in [0.4, 0.5) is 5.69 Å². The highest BCUT2D eigenvalue weighted by Crippen LogP contribution is 2.21. The minimum atomic E-state index is -3.35. The molecule has 100 valence electrons. The van der Waals surface area contributed by atoms with Crippen LogP contribution in [0, 0.1) is 13.8 Å². The molecule has 2 rings (SSSR count). The van der Waals surface area contributed by atoms with Crippen LogP contribution in [0.15, 0.2) is 47.4 Å². The molecule has 0 aromatic heterocycles. The monoisotopic (exact) mass is 275 g/mol. The van der Waals surface area contributed by atoms with E-state index in [1.54, 1.807) is 30.3 Å². The van der Waals surface area contributed by atoms with Crippen LogP contribution in [0.2, 0.25) is 0 Å². The van der Waals surface area contributed by atoms with Crippen LogP contribution < -0.4 is 5.73 Å². The van der Waals surface area contributed by atoms with Crippen LogP contribution in [0.5, 0.6) is 0 Å². The molecule has 0 bridgehead atoms. The molecule has 2 aromatic carbocycles. The summed E-state index contributed by atoms with van der Waals surface area (Å²) in [7, 11) is -3.35. The van der Waals surface area contributed by atoms with Gasteiger partial charge in [0.05, 0.1) is 10.6 Å². The summed E-state index contributed by atoms with van der Waals surface area (Å²) in [6.45, 7) is 3.80. The van der Waals surface area contributed by atoms with E-state index in [-0.39, 0.29) is 5.75 Å². The van der Waals surface area contributed by atoms with Gasteiger partial charge in [-0.15, -0.1) is 0 Å². The van der Waals surface area contributed by atoms with Gasteiger partial charge in [0, 0.05) is 5.69 Å². The van der Waals surface area contributed by atoms with Gasteiger partial charge in [-0.1, -0.05) is 24.3 Å². The number of anilines is 1. The van der Waals surface area contributed by atoms with E-state index >= 15 is 0 Å². The molecule has 0 heterocycles. The fourth-order valence-electron chi connectivity index (χ4n) is 1.94. The average molecular weight is 275 g/mol. The Morgan fingerprint density at radius 2 is 1.68 bits per heavy atom. The summed E-state index contributed by atoms with van der Waals surface area (Å²) in [6, 6.07) is 12.4. The smallest absolute Gasteiger partial charge is 0.182 e. The second-order valence-corrected chi connectivity index (χ2v) is 6.77. The Labute approximate surface area is 114 Å². The molecule has 0 atom stereocenters. The lowest BCUT2D eigenvalue weighted by Gasteiger charge is -2.08. The van der Waals surface area contributed by atoms with Crippen LogP contribution in [0.25, 0.3) is 0 Å². The van der Waals surface area contributed by atoms with Gasteiger partial charge in [-0.05, 0) is 48.7 Å². The van der Waals surface area contributed by atoms with Gasteiger partial charge in [0.1, 0.15) is 0 Å². The summed E-state index contributed by atoms with van der Waals surface area (Å²) >= 11 is 0. The lowest BCUT2D eigenvalue weighted by Crippen LogP contribution is -2.07. The first-order valence-corrected chi connectivity index (χ1v) is 7.68. The maximum atomic E-state index is 12.3.